The van der Waals surface area contributed by atoms with Crippen LogP contribution >= 0.6 is 0 Å². The minimum absolute atomic E-state index is 0.169. The summed E-state index contributed by atoms with van der Waals surface area (Å²) in [6.45, 7) is 0.771. The molecule has 0 amide bonds. The van der Waals surface area contributed by atoms with Crippen molar-refractivity contribution in [1.29, 1.82) is 0 Å². The molecule has 2 atom stereocenters. The lowest BCUT2D eigenvalue weighted by atomic mass is 9.83. The molecule has 5 nitrogen and oxygen atoms in total. The lowest BCUT2D eigenvalue weighted by Crippen LogP contribution is -2.73. The molecule has 27 heavy (non-hydrogen) atoms. The summed E-state index contributed by atoms with van der Waals surface area (Å²) in [6, 6.07) is 21.3. The van der Waals surface area contributed by atoms with E-state index < -0.39 is 0 Å². The number of rotatable bonds is 8. The van der Waals surface area contributed by atoms with E-state index in [0.717, 1.165) is 25.1 Å². The summed E-state index contributed by atoms with van der Waals surface area (Å²) in [5, 5.41) is 5.81. The van der Waals surface area contributed by atoms with Gasteiger partial charge in [0.1, 0.15) is 5.66 Å². The van der Waals surface area contributed by atoms with Crippen LogP contribution in [0.3, 0.4) is 0 Å². The largest absolute Gasteiger partial charge is 0.314 e. The van der Waals surface area contributed by atoms with Crippen molar-refractivity contribution in [3.8, 4) is 0 Å². The standard InChI is InChI=1S/C22H33N5/c1-23-21-16-10-11-17-22(21,26(2)3)27(25-20-14-8-5-9-15-20)24-18-19-12-6-4-7-13-19/h4-9,12-15,21,23-25H,10-11,16-18H2,1-3H3. The number of anilines is 1. The Balaban J connectivity index is 1.90. The maximum absolute atomic E-state index is 3.68. The maximum atomic E-state index is 3.68. The Kier molecular flexibility index (Phi) is 6.85. The molecule has 2 unspecified atom stereocenters. The van der Waals surface area contributed by atoms with Gasteiger partial charge in [-0.3, -0.25) is 4.90 Å². The molecule has 1 aliphatic carbocycles. The molecular formula is C22H33N5. The molecule has 5 heteroatoms. The Morgan fingerprint density at radius 1 is 0.963 bits per heavy atom. The first-order chi connectivity index (χ1) is 13.2. The minimum atomic E-state index is -0.169. The first kappa shape index (κ1) is 19.8. The van der Waals surface area contributed by atoms with Crippen LogP contribution in [0.15, 0.2) is 60.7 Å². The zero-order valence-electron chi connectivity index (χ0n) is 16.8. The molecule has 3 N–H and O–H groups in total. The van der Waals surface area contributed by atoms with Gasteiger partial charge in [0, 0.05) is 12.6 Å². The van der Waals surface area contributed by atoms with Crippen LogP contribution in [0, 0.1) is 0 Å². The number of nitrogens with zero attached hydrogens (tertiary/aromatic N) is 2. The quantitative estimate of drug-likeness (QED) is 0.493. The molecule has 3 rings (SSSR count). The molecular weight excluding hydrogens is 334 g/mol. The van der Waals surface area contributed by atoms with Crippen LogP contribution < -0.4 is 16.2 Å². The first-order valence-electron chi connectivity index (χ1n) is 9.91. The fourth-order valence-corrected chi connectivity index (χ4v) is 4.20. The van der Waals surface area contributed by atoms with Crippen LogP contribution in [0.1, 0.15) is 31.2 Å². The van der Waals surface area contributed by atoms with E-state index in [1.807, 2.05) is 6.07 Å². The van der Waals surface area contributed by atoms with Crippen molar-refractivity contribution < 1.29 is 0 Å². The highest BCUT2D eigenvalue weighted by Gasteiger charge is 2.47. The predicted octanol–water partition coefficient (Wildman–Crippen LogP) is 3.44. The number of likely N-dealkylation sites (N-methyl/N-ethyl adjacent to an activating group) is 2. The number of para-hydroxylation sites is 1. The zero-order chi connectivity index (χ0) is 19.1. The molecule has 2 aromatic carbocycles. The van der Waals surface area contributed by atoms with Gasteiger partial charge in [0.25, 0.3) is 0 Å². The number of hydrazine groups is 2. The van der Waals surface area contributed by atoms with Gasteiger partial charge in [-0.05, 0) is 51.7 Å². The van der Waals surface area contributed by atoms with Crippen LogP contribution in [0.5, 0.6) is 0 Å². The topological polar surface area (TPSA) is 42.6 Å². The fraction of sp³-hybridized carbons (Fsp3) is 0.455. The predicted molar refractivity (Wildman–Crippen MR) is 113 cm³/mol. The van der Waals surface area contributed by atoms with E-state index in [4.69, 9.17) is 0 Å². The number of nitrogens with one attached hydrogen (secondary N) is 3. The molecule has 2 aromatic rings. The van der Waals surface area contributed by atoms with Crippen molar-refractivity contribution in [1.82, 2.24) is 20.8 Å². The lowest BCUT2D eigenvalue weighted by molar-refractivity contribution is -0.0960. The molecule has 0 heterocycles. The molecule has 0 spiro atoms. The summed E-state index contributed by atoms with van der Waals surface area (Å²) >= 11 is 0. The van der Waals surface area contributed by atoms with Gasteiger partial charge in [-0.15, -0.1) is 5.12 Å². The Morgan fingerprint density at radius 3 is 2.26 bits per heavy atom. The van der Waals surface area contributed by atoms with E-state index in [0.29, 0.717) is 6.04 Å². The van der Waals surface area contributed by atoms with Gasteiger partial charge in [0.2, 0.25) is 0 Å². The van der Waals surface area contributed by atoms with Gasteiger partial charge in [0.05, 0.1) is 5.69 Å². The molecule has 0 bridgehead atoms. The second kappa shape index (κ2) is 9.33. The Morgan fingerprint density at radius 2 is 1.63 bits per heavy atom. The highest BCUT2D eigenvalue weighted by atomic mass is 15.8. The SMILES string of the molecule is CNC1CCCCC1(N(C)C)N(NCc1ccccc1)Nc1ccccc1. The van der Waals surface area contributed by atoms with Crippen LogP contribution in [0.25, 0.3) is 0 Å². The van der Waals surface area contributed by atoms with Crippen LogP contribution in [-0.4, -0.2) is 42.9 Å². The van der Waals surface area contributed by atoms with Gasteiger partial charge >= 0.3 is 0 Å². The van der Waals surface area contributed by atoms with Gasteiger partial charge in [-0.2, -0.15) is 0 Å². The normalized spacial score (nSPS) is 22.9. The number of hydrogen-bond acceptors (Lipinski definition) is 5. The van der Waals surface area contributed by atoms with Crippen molar-refractivity contribution in [2.45, 2.75) is 43.9 Å². The van der Waals surface area contributed by atoms with E-state index in [-0.39, 0.29) is 5.66 Å². The first-order valence-corrected chi connectivity index (χ1v) is 9.91. The Hall–Kier alpha value is -1.92. The zero-order valence-corrected chi connectivity index (χ0v) is 16.8. The number of benzene rings is 2. The fourth-order valence-electron chi connectivity index (χ4n) is 4.20. The summed E-state index contributed by atoms with van der Waals surface area (Å²) in [5.74, 6) is 0. The summed E-state index contributed by atoms with van der Waals surface area (Å²) in [7, 11) is 6.44. The van der Waals surface area contributed by atoms with E-state index in [2.05, 4.69) is 102 Å². The van der Waals surface area contributed by atoms with Crippen molar-refractivity contribution in [2.24, 2.45) is 0 Å². The number of hydrogen-bond donors (Lipinski definition) is 3. The molecule has 1 saturated carbocycles. The van der Waals surface area contributed by atoms with Crippen molar-refractivity contribution in [2.75, 3.05) is 26.6 Å². The second-order valence-electron chi connectivity index (χ2n) is 7.49. The second-order valence-corrected chi connectivity index (χ2v) is 7.49. The Bertz CT molecular complexity index is 676. The molecule has 1 aliphatic rings. The summed E-state index contributed by atoms with van der Waals surface area (Å²) in [5.41, 5.74) is 9.51. The molecule has 1 fully saturated rings. The third kappa shape index (κ3) is 4.50. The van der Waals surface area contributed by atoms with E-state index in [9.17, 15) is 0 Å². The van der Waals surface area contributed by atoms with Crippen molar-refractivity contribution >= 4 is 5.69 Å². The smallest absolute Gasteiger partial charge is 0.122 e. The third-order valence-electron chi connectivity index (χ3n) is 5.65. The van der Waals surface area contributed by atoms with Gasteiger partial charge < -0.3 is 10.7 Å². The van der Waals surface area contributed by atoms with Gasteiger partial charge in [-0.1, -0.05) is 61.4 Å². The van der Waals surface area contributed by atoms with E-state index in [1.54, 1.807) is 0 Å². The monoisotopic (exact) mass is 367 g/mol. The van der Waals surface area contributed by atoms with Crippen LogP contribution in [0.4, 0.5) is 5.69 Å². The Labute approximate surface area is 163 Å². The average molecular weight is 368 g/mol. The third-order valence-corrected chi connectivity index (χ3v) is 5.65. The lowest BCUT2D eigenvalue weighted by Gasteiger charge is -2.54. The van der Waals surface area contributed by atoms with Gasteiger partial charge in [-0.25, -0.2) is 5.43 Å². The molecule has 0 radical (unpaired) electrons. The molecule has 146 valence electrons. The van der Waals surface area contributed by atoms with E-state index in [1.165, 1.54) is 18.4 Å². The molecule has 0 saturated heterocycles. The summed E-state index contributed by atoms with van der Waals surface area (Å²) < 4.78 is 0. The molecule has 0 aliphatic heterocycles. The average Bonchev–Trinajstić information content (AvgIpc) is 2.72. The highest BCUT2D eigenvalue weighted by molar-refractivity contribution is 5.41. The van der Waals surface area contributed by atoms with Crippen LogP contribution in [0.2, 0.25) is 0 Å². The molecule has 0 aromatic heterocycles. The van der Waals surface area contributed by atoms with Crippen molar-refractivity contribution in [3.63, 3.8) is 0 Å². The maximum Gasteiger partial charge on any atom is 0.122 e. The highest BCUT2D eigenvalue weighted by Crippen LogP contribution is 2.35. The minimum Gasteiger partial charge on any atom is -0.314 e. The summed E-state index contributed by atoms with van der Waals surface area (Å²) in [4.78, 5) is 2.35. The van der Waals surface area contributed by atoms with Gasteiger partial charge in [0.15, 0.2) is 0 Å². The summed E-state index contributed by atoms with van der Waals surface area (Å²) in [6.07, 6.45) is 4.73. The van der Waals surface area contributed by atoms with Crippen LogP contribution in [-0.2, 0) is 6.54 Å². The van der Waals surface area contributed by atoms with E-state index >= 15 is 0 Å². The van der Waals surface area contributed by atoms with Crippen molar-refractivity contribution in [3.05, 3.63) is 66.2 Å².